The zero-order valence-electron chi connectivity index (χ0n) is 10.9. The molecule has 0 aliphatic carbocycles. The molecule has 0 spiro atoms. The summed E-state index contributed by atoms with van der Waals surface area (Å²) in [7, 11) is 0. The predicted octanol–water partition coefficient (Wildman–Crippen LogP) is 3.88. The first-order valence-electron chi connectivity index (χ1n) is 5.99. The Hall–Kier alpha value is -1.56. The molecule has 0 atom stereocenters. The Morgan fingerprint density at radius 3 is 2.68 bits per heavy atom. The third-order valence-electron chi connectivity index (χ3n) is 2.17. The van der Waals surface area contributed by atoms with Crippen LogP contribution in [0.25, 0.3) is 6.08 Å². The highest BCUT2D eigenvalue weighted by Crippen LogP contribution is 2.37. The lowest BCUT2D eigenvalue weighted by Crippen LogP contribution is -2.01. The summed E-state index contributed by atoms with van der Waals surface area (Å²) < 4.78 is 11.8. The van der Waals surface area contributed by atoms with E-state index in [1.807, 2.05) is 13.8 Å². The fraction of sp³-hybridized carbons (Fsp3) is 0.385. The van der Waals surface area contributed by atoms with Gasteiger partial charge in [-0.25, -0.2) is 0 Å². The number of nitro groups is 1. The highest BCUT2D eigenvalue weighted by Gasteiger charge is 2.11. The van der Waals surface area contributed by atoms with Crippen LogP contribution in [0.2, 0.25) is 0 Å². The van der Waals surface area contributed by atoms with Gasteiger partial charge < -0.3 is 9.47 Å². The van der Waals surface area contributed by atoms with Crippen LogP contribution in [0.1, 0.15) is 25.8 Å². The van der Waals surface area contributed by atoms with Gasteiger partial charge in [0.15, 0.2) is 11.5 Å². The molecule has 0 aliphatic heterocycles. The number of benzene rings is 1. The fourth-order valence-electron chi connectivity index (χ4n) is 1.44. The molecule has 0 bridgehead atoms. The molecule has 5 nitrogen and oxygen atoms in total. The topological polar surface area (TPSA) is 61.6 Å². The Morgan fingerprint density at radius 1 is 1.37 bits per heavy atom. The van der Waals surface area contributed by atoms with Crippen LogP contribution >= 0.6 is 15.9 Å². The monoisotopic (exact) mass is 329 g/mol. The molecule has 104 valence electrons. The van der Waals surface area contributed by atoms with Crippen molar-refractivity contribution in [2.45, 2.75) is 20.3 Å². The third kappa shape index (κ3) is 4.90. The van der Waals surface area contributed by atoms with Crippen molar-refractivity contribution in [2.24, 2.45) is 0 Å². The molecule has 0 amide bonds. The summed E-state index contributed by atoms with van der Waals surface area (Å²) in [6.07, 6.45) is 3.20. The van der Waals surface area contributed by atoms with Crippen LogP contribution in [0, 0.1) is 10.1 Å². The van der Waals surface area contributed by atoms with Gasteiger partial charge in [-0.05, 0) is 47.0 Å². The number of hydrogen-bond donors (Lipinski definition) is 0. The third-order valence-corrected chi connectivity index (χ3v) is 2.76. The van der Waals surface area contributed by atoms with Gasteiger partial charge in [0.25, 0.3) is 0 Å². The van der Waals surface area contributed by atoms with Gasteiger partial charge in [0, 0.05) is 6.08 Å². The van der Waals surface area contributed by atoms with Crippen LogP contribution < -0.4 is 9.47 Å². The Kier molecular flexibility index (Phi) is 6.35. The summed E-state index contributed by atoms with van der Waals surface area (Å²) in [4.78, 5) is 9.82. The molecule has 0 heterocycles. The van der Waals surface area contributed by atoms with E-state index < -0.39 is 4.92 Å². The van der Waals surface area contributed by atoms with Crippen LogP contribution in [-0.4, -0.2) is 18.1 Å². The summed E-state index contributed by atoms with van der Waals surface area (Å²) in [6.45, 7) is 4.97. The van der Waals surface area contributed by atoms with E-state index in [1.165, 1.54) is 6.08 Å². The standard InChI is InChI=1S/C13H16BrNO4/c1-3-7-19-13-11(14)8-10(5-6-15(16)17)9-12(13)18-4-2/h5-6,8-9H,3-4,7H2,1-2H3. The minimum atomic E-state index is -0.504. The van der Waals surface area contributed by atoms with E-state index in [9.17, 15) is 10.1 Å². The van der Waals surface area contributed by atoms with E-state index in [0.29, 0.717) is 30.3 Å². The molecular weight excluding hydrogens is 314 g/mol. The first kappa shape index (κ1) is 15.5. The van der Waals surface area contributed by atoms with Crippen LogP contribution in [0.5, 0.6) is 11.5 Å². The first-order chi connectivity index (χ1) is 9.08. The van der Waals surface area contributed by atoms with E-state index in [-0.39, 0.29) is 0 Å². The summed E-state index contributed by atoms with van der Waals surface area (Å²) in [5.41, 5.74) is 0.677. The molecule has 0 aromatic heterocycles. The van der Waals surface area contributed by atoms with E-state index in [4.69, 9.17) is 9.47 Å². The smallest absolute Gasteiger partial charge is 0.235 e. The van der Waals surface area contributed by atoms with Crippen molar-refractivity contribution in [1.82, 2.24) is 0 Å². The van der Waals surface area contributed by atoms with Gasteiger partial charge in [-0.1, -0.05) is 6.92 Å². The highest BCUT2D eigenvalue weighted by atomic mass is 79.9. The molecule has 1 aromatic carbocycles. The largest absolute Gasteiger partial charge is 0.490 e. The van der Waals surface area contributed by atoms with Crippen LogP contribution in [0.15, 0.2) is 22.8 Å². The summed E-state index contributed by atoms with van der Waals surface area (Å²) in [5.74, 6) is 1.20. The Bertz CT molecular complexity index is 474. The maximum atomic E-state index is 10.3. The highest BCUT2D eigenvalue weighted by molar-refractivity contribution is 9.10. The maximum Gasteiger partial charge on any atom is 0.235 e. The van der Waals surface area contributed by atoms with Gasteiger partial charge in [-0.15, -0.1) is 0 Å². The normalized spacial score (nSPS) is 10.7. The van der Waals surface area contributed by atoms with E-state index in [1.54, 1.807) is 12.1 Å². The van der Waals surface area contributed by atoms with E-state index in [0.717, 1.165) is 17.1 Å². The average Bonchev–Trinajstić information content (AvgIpc) is 2.36. The summed E-state index contributed by atoms with van der Waals surface area (Å²) >= 11 is 3.40. The van der Waals surface area contributed by atoms with Crippen molar-refractivity contribution in [2.75, 3.05) is 13.2 Å². The quantitative estimate of drug-likeness (QED) is 0.562. The molecule has 0 N–H and O–H groups in total. The molecule has 0 saturated heterocycles. The lowest BCUT2D eigenvalue weighted by molar-refractivity contribution is -0.400. The van der Waals surface area contributed by atoms with Gasteiger partial charge >= 0.3 is 0 Å². The molecule has 0 fully saturated rings. The van der Waals surface area contributed by atoms with Gasteiger partial charge in [-0.2, -0.15) is 0 Å². The second-order valence-corrected chi connectivity index (χ2v) is 4.57. The molecular formula is C13H16BrNO4. The molecule has 19 heavy (non-hydrogen) atoms. The van der Waals surface area contributed by atoms with E-state index in [2.05, 4.69) is 15.9 Å². The summed E-state index contributed by atoms with van der Waals surface area (Å²) in [6, 6.07) is 3.48. The zero-order chi connectivity index (χ0) is 14.3. The fourth-order valence-corrected chi connectivity index (χ4v) is 2.01. The lowest BCUT2D eigenvalue weighted by Gasteiger charge is -2.14. The number of ether oxygens (including phenoxy) is 2. The van der Waals surface area contributed by atoms with Gasteiger partial charge in [0.05, 0.1) is 22.6 Å². The van der Waals surface area contributed by atoms with Crippen LogP contribution in [0.3, 0.4) is 0 Å². The SMILES string of the molecule is CCCOc1c(Br)cc(C=C[N+](=O)[O-])cc1OCC. The molecule has 6 heteroatoms. The second-order valence-electron chi connectivity index (χ2n) is 3.71. The molecule has 0 aliphatic rings. The first-order valence-corrected chi connectivity index (χ1v) is 6.78. The minimum absolute atomic E-state index is 0.497. The lowest BCUT2D eigenvalue weighted by atomic mass is 10.2. The van der Waals surface area contributed by atoms with Gasteiger partial charge in [0.1, 0.15) is 0 Å². The second kappa shape index (κ2) is 7.78. The molecule has 1 aromatic rings. The average molecular weight is 330 g/mol. The summed E-state index contributed by atoms with van der Waals surface area (Å²) in [5, 5.41) is 10.3. The number of rotatable bonds is 7. The minimum Gasteiger partial charge on any atom is -0.490 e. The van der Waals surface area contributed by atoms with Gasteiger partial charge in [-0.3, -0.25) is 10.1 Å². The van der Waals surface area contributed by atoms with Crippen molar-refractivity contribution in [1.29, 1.82) is 0 Å². The zero-order valence-corrected chi connectivity index (χ0v) is 12.5. The van der Waals surface area contributed by atoms with Crippen LogP contribution in [0.4, 0.5) is 0 Å². The number of halogens is 1. The van der Waals surface area contributed by atoms with Crippen molar-refractivity contribution in [3.05, 3.63) is 38.5 Å². The number of hydrogen-bond acceptors (Lipinski definition) is 4. The van der Waals surface area contributed by atoms with E-state index >= 15 is 0 Å². The van der Waals surface area contributed by atoms with Crippen LogP contribution in [-0.2, 0) is 0 Å². The number of nitrogens with zero attached hydrogens (tertiary/aromatic N) is 1. The Balaban J connectivity index is 3.08. The molecule has 0 unspecified atom stereocenters. The van der Waals surface area contributed by atoms with Crippen molar-refractivity contribution in [3.63, 3.8) is 0 Å². The van der Waals surface area contributed by atoms with Crippen molar-refractivity contribution >= 4 is 22.0 Å². The predicted molar refractivity (Wildman–Crippen MR) is 77.1 cm³/mol. The molecule has 0 radical (unpaired) electrons. The van der Waals surface area contributed by atoms with Crippen molar-refractivity contribution in [3.8, 4) is 11.5 Å². The Labute approximate surface area is 120 Å². The molecule has 0 saturated carbocycles. The van der Waals surface area contributed by atoms with Crippen molar-refractivity contribution < 1.29 is 14.4 Å². The van der Waals surface area contributed by atoms with Gasteiger partial charge in [0.2, 0.25) is 6.20 Å². The Morgan fingerprint density at radius 2 is 2.11 bits per heavy atom. The molecule has 1 rings (SSSR count). The maximum absolute atomic E-state index is 10.3.